The number of nitro groups is 1. The van der Waals surface area contributed by atoms with Crippen molar-refractivity contribution in [3.63, 3.8) is 0 Å². The molecule has 116 valence electrons. The lowest BCUT2D eigenvalue weighted by Gasteiger charge is -2.17. The van der Waals surface area contributed by atoms with Gasteiger partial charge in [-0.2, -0.15) is 0 Å². The normalized spacial score (nSPS) is 11.8. The molecule has 0 fully saturated rings. The summed E-state index contributed by atoms with van der Waals surface area (Å²) >= 11 is 0. The molecule has 7 heteroatoms. The predicted molar refractivity (Wildman–Crippen MR) is 80.7 cm³/mol. The maximum Gasteiger partial charge on any atom is 0.270 e. The smallest absolute Gasteiger partial charge is 0.270 e. The number of carbonyl (C=O) groups excluding carboxylic acids is 1. The Morgan fingerprint density at radius 2 is 2.14 bits per heavy atom. The average molecular weight is 295 g/mol. The average Bonchev–Trinajstić information content (AvgIpc) is 2.47. The molecule has 0 bridgehead atoms. The Bertz CT molecular complexity index is 505. The summed E-state index contributed by atoms with van der Waals surface area (Å²) in [5.41, 5.74) is 0.732. The highest BCUT2D eigenvalue weighted by molar-refractivity contribution is 6.00. The van der Waals surface area contributed by atoms with Crippen molar-refractivity contribution in [1.82, 2.24) is 5.32 Å². The van der Waals surface area contributed by atoms with E-state index in [-0.39, 0.29) is 23.2 Å². The molecular weight excluding hydrogens is 274 g/mol. The van der Waals surface area contributed by atoms with Gasteiger partial charge in [-0.15, -0.1) is 0 Å². The third-order valence-electron chi connectivity index (χ3n) is 3.02. The fraction of sp³-hybridized carbons (Fsp3) is 0.500. The fourth-order valence-electron chi connectivity index (χ4n) is 1.90. The van der Waals surface area contributed by atoms with E-state index in [0.717, 1.165) is 0 Å². The highest BCUT2D eigenvalue weighted by Crippen LogP contribution is 2.22. The second-order valence-corrected chi connectivity index (χ2v) is 4.55. The highest BCUT2D eigenvalue weighted by Gasteiger charge is 2.18. The summed E-state index contributed by atoms with van der Waals surface area (Å²) in [6.45, 7) is 4.84. The minimum absolute atomic E-state index is 0.110. The molecular formula is C14H21N3O4. The van der Waals surface area contributed by atoms with Crippen molar-refractivity contribution in [2.45, 2.75) is 26.3 Å². The Morgan fingerprint density at radius 3 is 2.67 bits per heavy atom. The first kappa shape index (κ1) is 16.9. The van der Waals surface area contributed by atoms with Crippen LogP contribution >= 0.6 is 0 Å². The predicted octanol–water partition coefficient (Wildman–Crippen LogP) is 2.18. The number of rotatable bonds is 8. The molecule has 0 saturated carbocycles. The molecule has 21 heavy (non-hydrogen) atoms. The van der Waals surface area contributed by atoms with Gasteiger partial charge in [0, 0.05) is 31.5 Å². The summed E-state index contributed by atoms with van der Waals surface area (Å²) in [7, 11) is 1.56. The first-order valence-corrected chi connectivity index (χ1v) is 6.85. The second kappa shape index (κ2) is 8.21. The Hall–Kier alpha value is -2.15. The van der Waals surface area contributed by atoms with Crippen LogP contribution < -0.4 is 10.6 Å². The van der Waals surface area contributed by atoms with Gasteiger partial charge >= 0.3 is 0 Å². The van der Waals surface area contributed by atoms with E-state index in [1.807, 2.05) is 13.8 Å². The van der Waals surface area contributed by atoms with Gasteiger partial charge in [-0.1, -0.05) is 6.92 Å². The number of benzene rings is 1. The van der Waals surface area contributed by atoms with Crippen molar-refractivity contribution < 1.29 is 14.5 Å². The lowest BCUT2D eigenvalue weighted by Crippen LogP contribution is -2.37. The van der Waals surface area contributed by atoms with Gasteiger partial charge in [0.2, 0.25) is 0 Å². The summed E-state index contributed by atoms with van der Waals surface area (Å²) in [4.78, 5) is 22.7. The fourth-order valence-corrected chi connectivity index (χ4v) is 1.90. The van der Waals surface area contributed by atoms with Gasteiger partial charge < -0.3 is 15.4 Å². The summed E-state index contributed by atoms with van der Waals surface area (Å²) < 4.78 is 5.03. The van der Waals surface area contributed by atoms with Gasteiger partial charge in [0.15, 0.2) is 0 Å². The van der Waals surface area contributed by atoms with Crippen molar-refractivity contribution in [2.24, 2.45) is 0 Å². The number of anilines is 1. The Balaban J connectivity index is 3.03. The van der Waals surface area contributed by atoms with Gasteiger partial charge in [-0.05, 0) is 19.4 Å². The van der Waals surface area contributed by atoms with Crippen LogP contribution in [-0.2, 0) is 4.74 Å². The zero-order chi connectivity index (χ0) is 15.8. The van der Waals surface area contributed by atoms with E-state index >= 15 is 0 Å². The zero-order valence-corrected chi connectivity index (χ0v) is 12.5. The monoisotopic (exact) mass is 295 g/mol. The minimum atomic E-state index is -0.515. The van der Waals surface area contributed by atoms with E-state index in [9.17, 15) is 14.9 Å². The summed E-state index contributed by atoms with van der Waals surface area (Å²) in [5.74, 6) is -0.349. The number of nitrogens with zero attached hydrogens (tertiary/aromatic N) is 1. The maximum atomic E-state index is 12.3. The van der Waals surface area contributed by atoms with Gasteiger partial charge in [0.1, 0.15) is 0 Å². The molecule has 1 aromatic carbocycles. The Morgan fingerprint density at radius 1 is 1.43 bits per heavy atom. The Labute approximate surface area is 123 Å². The van der Waals surface area contributed by atoms with Crippen molar-refractivity contribution in [3.8, 4) is 0 Å². The van der Waals surface area contributed by atoms with Crippen LogP contribution in [0.4, 0.5) is 11.4 Å². The van der Waals surface area contributed by atoms with Crippen LogP contribution in [0.25, 0.3) is 0 Å². The molecule has 0 spiro atoms. The second-order valence-electron chi connectivity index (χ2n) is 4.55. The van der Waals surface area contributed by atoms with E-state index in [4.69, 9.17) is 4.74 Å². The van der Waals surface area contributed by atoms with Gasteiger partial charge in [-0.25, -0.2) is 0 Å². The van der Waals surface area contributed by atoms with Gasteiger partial charge in [-0.3, -0.25) is 14.9 Å². The molecule has 1 rings (SSSR count). The third-order valence-corrected chi connectivity index (χ3v) is 3.02. The van der Waals surface area contributed by atoms with Crippen LogP contribution in [0.1, 0.15) is 30.6 Å². The Kier molecular flexibility index (Phi) is 6.61. The summed E-state index contributed by atoms with van der Waals surface area (Å²) in [5, 5.41) is 16.7. The molecule has 1 amide bonds. The van der Waals surface area contributed by atoms with E-state index < -0.39 is 4.92 Å². The molecule has 0 heterocycles. The molecule has 0 radical (unpaired) electrons. The number of carbonyl (C=O) groups is 1. The molecule has 1 unspecified atom stereocenters. The SMILES string of the molecule is CCNc1ccc([N+](=O)[O-])cc1C(=O)NC(CC)COC. The van der Waals surface area contributed by atoms with Crippen LogP contribution in [0, 0.1) is 10.1 Å². The lowest BCUT2D eigenvalue weighted by atomic mass is 10.1. The van der Waals surface area contributed by atoms with Crippen LogP contribution in [0.3, 0.4) is 0 Å². The number of amides is 1. The lowest BCUT2D eigenvalue weighted by molar-refractivity contribution is -0.384. The van der Waals surface area contributed by atoms with E-state index in [1.54, 1.807) is 13.2 Å². The quantitative estimate of drug-likeness (QED) is 0.566. The molecule has 1 aromatic rings. The molecule has 0 saturated heterocycles. The van der Waals surface area contributed by atoms with Gasteiger partial charge in [0.25, 0.3) is 11.6 Å². The summed E-state index contributed by atoms with van der Waals surface area (Å²) in [6, 6.07) is 4.08. The topological polar surface area (TPSA) is 93.5 Å². The molecule has 2 N–H and O–H groups in total. The van der Waals surface area contributed by atoms with E-state index in [2.05, 4.69) is 10.6 Å². The molecule has 1 atom stereocenters. The summed E-state index contributed by atoms with van der Waals surface area (Å²) in [6.07, 6.45) is 0.713. The number of nitro benzene ring substituents is 1. The van der Waals surface area contributed by atoms with Crippen LogP contribution in [0.15, 0.2) is 18.2 Å². The van der Waals surface area contributed by atoms with Crippen molar-refractivity contribution in [1.29, 1.82) is 0 Å². The number of methoxy groups -OCH3 is 1. The maximum absolute atomic E-state index is 12.3. The molecule has 0 aliphatic carbocycles. The molecule has 0 aliphatic heterocycles. The van der Waals surface area contributed by atoms with Crippen LogP contribution in [0.2, 0.25) is 0 Å². The highest BCUT2D eigenvalue weighted by atomic mass is 16.6. The third kappa shape index (κ3) is 4.71. The number of nitrogens with one attached hydrogen (secondary N) is 2. The minimum Gasteiger partial charge on any atom is -0.385 e. The zero-order valence-electron chi connectivity index (χ0n) is 12.5. The van der Waals surface area contributed by atoms with E-state index in [0.29, 0.717) is 25.3 Å². The van der Waals surface area contributed by atoms with Crippen LogP contribution in [-0.4, -0.2) is 37.1 Å². The molecule has 0 aromatic heterocycles. The number of hydrogen-bond acceptors (Lipinski definition) is 5. The van der Waals surface area contributed by atoms with Gasteiger partial charge in [0.05, 0.1) is 23.1 Å². The standard InChI is InChI=1S/C14H21N3O4/c1-4-10(9-21-3)16-14(18)12-8-11(17(19)20)6-7-13(12)15-5-2/h6-8,10,15H,4-5,9H2,1-3H3,(H,16,18). The number of hydrogen-bond donors (Lipinski definition) is 2. The van der Waals surface area contributed by atoms with Crippen LogP contribution in [0.5, 0.6) is 0 Å². The first-order chi connectivity index (χ1) is 10.0. The molecule has 7 nitrogen and oxygen atoms in total. The number of non-ortho nitro benzene ring substituents is 1. The van der Waals surface area contributed by atoms with Crippen molar-refractivity contribution in [2.75, 3.05) is 25.6 Å². The van der Waals surface area contributed by atoms with E-state index in [1.165, 1.54) is 12.1 Å². The molecule has 0 aliphatic rings. The van der Waals surface area contributed by atoms with Crippen molar-refractivity contribution in [3.05, 3.63) is 33.9 Å². The largest absolute Gasteiger partial charge is 0.385 e. The number of ether oxygens (including phenoxy) is 1. The first-order valence-electron chi connectivity index (χ1n) is 6.85. The van der Waals surface area contributed by atoms with Crippen molar-refractivity contribution >= 4 is 17.3 Å².